The van der Waals surface area contributed by atoms with Crippen molar-refractivity contribution in [2.24, 2.45) is 0 Å². The highest BCUT2D eigenvalue weighted by atomic mass is 35.5. The first-order chi connectivity index (χ1) is 12.6. The van der Waals surface area contributed by atoms with Gasteiger partial charge in [0, 0.05) is 23.7 Å². The summed E-state index contributed by atoms with van der Waals surface area (Å²) in [6.45, 7) is 2.06. The van der Waals surface area contributed by atoms with Crippen LogP contribution in [0.1, 0.15) is 12.7 Å². The summed E-state index contributed by atoms with van der Waals surface area (Å²) in [7, 11) is 1.90. The number of nitrogens with zero attached hydrogens (tertiary/aromatic N) is 2. The van der Waals surface area contributed by atoms with Gasteiger partial charge in [-0.05, 0) is 49.7 Å². The van der Waals surface area contributed by atoms with Gasteiger partial charge in [-0.25, -0.2) is 0 Å². The van der Waals surface area contributed by atoms with Crippen LogP contribution in [-0.2, 0) is 11.2 Å². The zero-order valence-electron chi connectivity index (χ0n) is 15.0. The van der Waals surface area contributed by atoms with Crippen LogP contribution < -0.4 is 10.6 Å². The van der Waals surface area contributed by atoms with Gasteiger partial charge in [-0.15, -0.1) is 35.5 Å². The largest absolute Gasteiger partial charge is 0.334 e. The molecule has 1 atom stereocenters. The number of anilines is 1. The van der Waals surface area contributed by atoms with Gasteiger partial charge in [-0.3, -0.25) is 4.79 Å². The molecule has 0 bridgehead atoms. The highest BCUT2D eigenvalue weighted by Crippen LogP contribution is 2.24. The maximum absolute atomic E-state index is 12.0. The van der Waals surface area contributed by atoms with Crippen molar-refractivity contribution >= 4 is 47.1 Å². The second-order valence-corrected chi connectivity index (χ2v) is 7.98. The molecule has 2 aromatic heterocycles. The zero-order valence-corrected chi connectivity index (χ0v) is 17.4. The molecule has 1 aromatic carbocycles. The minimum atomic E-state index is -0.0303. The summed E-state index contributed by atoms with van der Waals surface area (Å²) in [5, 5.41) is 12.0. The van der Waals surface area contributed by atoms with Crippen molar-refractivity contribution in [1.82, 2.24) is 15.5 Å². The number of nitrogens with one attached hydrogen (secondary N) is 2. The zero-order chi connectivity index (χ0) is 18.4. The van der Waals surface area contributed by atoms with Gasteiger partial charge in [-0.2, -0.15) is 4.98 Å². The molecule has 0 saturated carbocycles. The molecule has 0 saturated heterocycles. The Morgan fingerprint density at radius 1 is 1.30 bits per heavy atom. The van der Waals surface area contributed by atoms with Crippen molar-refractivity contribution in [3.05, 3.63) is 47.6 Å². The first-order valence-corrected chi connectivity index (χ1v) is 10.1. The third-order valence-corrected chi connectivity index (χ3v) is 5.84. The Kier molecular flexibility index (Phi) is 8.30. The van der Waals surface area contributed by atoms with Crippen LogP contribution in [0.2, 0.25) is 0 Å². The van der Waals surface area contributed by atoms with Crippen molar-refractivity contribution < 1.29 is 9.32 Å². The number of rotatable bonds is 8. The third kappa shape index (κ3) is 6.35. The number of hydrogen-bond donors (Lipinski definition) is 2. The summed E-state index contributed by atoms with van der Waals surface area (Å²) < 4.78 is 6.45. The Balaban J connectivity index is 0.00000261. The van der Waals surface area contributed by atoms with E-state index < -0.39 is 0 Å². The lowest BCUT2D eigenvalue weighted by atomic mass is 10.2. The maximum Gasteiger partial charge on any atom is 0.257 e. The van der Waals surface area contributed by atoms with E-state index in [1.165, 1.54) is 11.8 Å². The van der Waals surface area contributed by atoms with Crippen LogP contribution in [0.15, 0.2) is 50.5 Å². The predicted octanol–water partition coefficient (Wildman–Crippen LogP) is 4.10. The van der Waals surface area contributed by atoms with E-state index in [0.29, 0.717) is 23.9 Å². The van der Waals surface area contributed by atoms with Gasteiger partial charge in [0.25, 0.3) is 5.89 Å². The normalized spacial score (nSPS) is 11.6. The van der Waals surface area contributed by atoms with E-state index in [9.17, 15) is 4.79 Å². The smallest absolute Gasteiger partial charge is 0.257 e. The average Bonchev–Trinajstić information content (AvgIpc) is 3.32. The van der Waals surface area contributed by atoms with Gasteiger partial charge < -0.3 is 15.2 Å². The van der Waals surface area contributed by atoms with Crippen LogP contribution in [0, 0.1) is 0 Å². The van der Waals surface area contributed by atoms with Crippen LogP contribution in [0.25, 0.3) is 11.5 Å². The number of hydrogen-bond acceptors (Lipinski definition) is 7. The molecule has 27 heavy (non-hydrogen) atoms. The molecule has 0 aliphatic rings. The summed E-state index contributed by atoms with van der Waals surface area (Å²) in [4.78, 5) is 16.4. The van der Waals surface area contributed by atoms with Crippen molar-refractivity contribution in [3.63, 3.8) is 0 Å². The number of amides is 1. The maximum atomic E-state index is 12.0. The second kappa shape index (κ2) is 10.5. The third-order valence-electron chi connectivity index (χ3n) is 3.71. The van der Waals surface area contributed by atoms with Gasteiger partial charge in [0.15, 0.2) is 5.82 Å². The number of carbonyl (C=O) groups is 1. The molecular weight excluding hydrogens is 404 g/mol. The van der Waals surface area contributed by atoms with E-state index in [-0.39, 0.29) is 24.4 Å². The average molecular weight is 425 g/mol. The van der Waals surface area contributed by atoms with E-state index in [2.05, 4.69) is 27.7 Å². The number of carbonyl (C=O) groups excluding carboxylic acids is 1. The molecule has 0 radical (unpaired) electrons. The molecule has 144 valence electrons. The Morgan fingerprint density at radius 3 is 2.74 bits per heavy atom. The number of aromatic nitrogens is 2. The van der Waals surface area contributed by atoms with E-state index in [0.717, 1.165) is 15.5 Å². The molecule has 0 spiro atoms. The van der Waals surface area contributed by atoms with Gasteiger partial charge in [0.1, 0.15) is 0 Å². The molecule has 1 unspecified atom stereocenters. The SMILES string of the molecule is CNC(C)Cc1noc(-c2ccc(NC(=O)CSc3cccs3)cc2)n1.Cl. The Bertz CT molecular complexity index is 837. The van der Waals surface area contributed by atoms with Crippen LogP contribution in [-0.4, -0.2) is 34.9 Å². The topological polar surface area (TPSA) is 80.0 Å². The summed E-state index contributed by atoms with van der Waals surface area (Å²) in [6.07, 6.45) is 0.704. The predicted molar refractivity (Wildman–Crippen MR) is 113 cm³/mol. The lowest BCUT2D eigenvalue weighted by molar-refractivity contribution is -0.113. The fraction of sp³-hybridized carbons (Fsp3) is 0.278. The summed E-state index contributed by atoms with van der Waals surface area (Å²) in [6, 6.07) is 11.7. The van der Waals surface area contributed by atoms with Gasteiger partial charge >= 0.3 is 0 Å². The number of thioether (sulfide) groups is 1. The van der Waals surface area contributed by atoms with Gasteiger partial charge in [0.05, 0.1) is 9.96 Å². The van der Waals surface area contributed by atoms with Crippen molar-refractivity contribution in [2.45, 2.75) is 23.6 Å². The van der Waals surface area contributed by atoms with Crippen LogP contribution in [0.5, 0.6) is 0 Å². The van der Waals surface area contributed by atoms with Crippen molar-refractivity contribution in [1.29, 1.82) is 0 Å². The number of benzene rings is 1. The number of thiophene rings is 1. The van der Waals surface area contributed by atoms with Crippen LogP contribution in [0.3, 0.4) is 0 Å². The highest BCUT2D eigenvalue weighted by molar-refractivity contribution is 8.01. The summed E-state index contributed by atoms with van der Waals surface area (Å²) >= 11 is 3.17. The number of halogens is 1. The molecule has 0 fully saturated rings. The molecule has 0 aliphatic heterocycles. The molecule has 0 aliphatic carbocycles. The van der Waals surface area contributed by atoms with Gasteiger partial charge in [-0.1, -0.05) is 11.2 Å². The summed E-state index contributed by atoms with van der Waals surface area (Å²) in [5.74, 6) is 1.51. The molecule has 3 rings (SSSR count). The first-order valence-electron chi connectivity index (χ1n) is 8.20. The van der Waals surface area contributed by atoms with Crippen molar-refractivity contribution in [3.8, 4) is 11.5 Å². The van der Waals surface area contributed by atoms with Gasteiger partial charge in [0.2, 0.25) is 5.91 Å². The quantitative estimate of drug-likeness (QED) is 0.530. The van der Waals surface area contributed by atoms with E-state index in [1.807, 2.05) is 48.8 Å². The number of likely N-dealkylation sites (N-methyl/N-ethyl adjacent to an activating group) is 1. The Labute approximate surface area is 172 Å². The van der Waals surface area contributed by atoms with Crippen LogP contribution >= 0.6 is 35.5 Å². The lowest BCUT2D eigenvalue weighted by Gasteiger charge is -2.05. The van der Waals surface area contributed by atoms with E-state index in [4.69, 9.17) is 4.52 Å². The monoisotopic (exact) mass is 424 g/mol. The first kappa shape index (κ1) is 21.4. The minimum absolute atomic E-state index is 0. The Morgan fingerprint density at radius 2 is 2.07 bits per heavy atom. The minimum Gasteiger partial charge on any atom is -0.334 e. The molecule has 9 heteroatoms. The van der Waals surface area contributed by atoms with Crippen molar-refractivity contribution in [2.75, 3.05) is 18.1 Å². The molecule has 3 aromatic rings. The molecule has 1 amide bonds. The van der Waals surface area contributed by atoms with Crippen LogP contribution in [0.4, 0.5) is 5.69 Å². The molecule has 6 nitrogen and oxygen atoms in total. The highest BCUT2D eigenvalue weighted by Gasteiger charge is 2.11. The summed E-state index contributed by atoms with van der Waals surface area (Å²) in [5.41, 5.74) is 1.57. The fourth-order valence-electron chi connectivity index (χ4n) is 2.21. The van der Waals surface area contributed by atoms with E-state index in [1.54, 1.807) is 11.3 Å². The van der Waals surface area contributed by atoms with E-state index >= 15 is 0 Å². The second-order valence-electron chi connectivity index (χ2n) is 5.76. The Hall–Kier alpha value is -1.87. The standard InChI is InChI=1S/C18H20N4O2S2.ClH/c1-12(19-2)10-15-21-18(24-22-15)13-5-7-14(8-6-13)20-16(23)11-26-17-4-3-9-25-17;/h3-9,12,19H,10-11H2,1-2H3,(H,20,23);1H. The lowest BCUT2D eigenvalue weighted by Crippen LogP contribution is -2.24. The molecular formula is C18H21ClN4O2S2. The molecule has 2 N–H and O–H groups in total. The fourth-order valence-corrected chi connectivity index (χ4v) is 3.79. The molecule has 2 heterocycles.